The van der Waals surface area contributed by atoms with Gasteiger partial charge < -0.3 is 30.9 Å². The number of nitrogens with one attached hydrogen (secondary N) is 2. The summed E-state index contributed by atoms with van der Waals surface area (Å²) in [6.07, 6.45) is 1.37. The van der Waals surface area contributed by atoms with Crippen LogP contribution in [-0.2, 0) is 24.4 Å². The van der Waals surface area contributed by atoms with Gasteiger partial charge in [-0.15, -0.1) is 0 Å². The number of aromatic amines is 1. The van der Waals surface area contributed by atoms with Gasteiger partial charge in [-0.3, -0.25) is 10.2 Å². The molecule has 14 heteroatoms. The molecule has 5 rings (SSSR count). The van der Waals surface area contributed by atoms with Crippen molar-refractivity contribution in [2.45, 2.75) is 36.5 Å². The number of amidine groups is 1. The van der Waals surface area contributed by atoms with Crippen LogP contribution in [0.4, 0.5) is 0 Å². The number of aliphatic hydroxyl groups excluding tert-OH is 1. The van der Waals surface area contributed by atoms with Crippen LogP contribution in [0.1, 0.15) is 42.6 Å². The molecule has 1 saturated heterocycles. The van der Waals surface area contributed by atoms with Crippen LogP contribution in [0.3, 0.4) is 0 Å². The first-order valence-corrected chi connectivity index (χ1v) is 14.2. The van der Waals surface area contributed by atoms with Crippen LogP contribution in [-0.4, -0.2) is 68.9 Å². The van der Waals surface area contributed by atoms with Crippen LogP contribution in [0, 0.1) is 5.41 Å². The maximum atomic E-state index is 13.5. The van der Waals surface area contributed by atoms with Gasteiger partial charge in [0.25, 0.3) is 0 Å². The summed E-state index contributed by atoms with van der Waals surface area (Å²) in [5, 5.41) is 45.4. The summed E-state index contributed by atoms with van der Waals surface area (Å²) in [4.78, 5) is 33.6. The van der Waals surface area contributed by atoms with Gasteiger partial charge in [-0.05, 0) is 37.1 Å². The fourth-order valence-corrected chi connectivity index (χ4v) is 6.65. The predicted octanol–water partition coefficient (Wildman–Crippen LogP) is 1.80. The van der Waals surface area contributed by atoms with Gasteiger partial charge in [-0.25, -0.2) is 23.3 Å². The number of primary sulfonamides is 1. The number of rotatable bonds is 7. The van der Waals surface area contributed by atoms with Crippen molar-refractivity contribution in [3.8, 4) is 5.75 Å². The molecule has 1 aliphatic carbocycles. The molecule has 214 valence electrons. The van der Waals surface area contributed by atoms with Gasteiger partial charge in [-0.1, -0.05) is 29.8 Å². The number of phenolic OH excluding ortho intramolecular Hbond substituents is 1. The molecule has 41 heavy (non-hydrogen) atoms. The number of sulfonamides is 1. The number of hydrogen-bond donors (Lipinski definition) is 7. The Bertz CT molecular complexity index is 1780. The molecule has 0 spiro atoms. The molecule has 2 heterocycles. The zero-order valence-electron chi connectivity index (χ0n) is 21.7. The van der Waals surface area contributed by atoms with E-state index >= 15 is 0 Å². The lowest BCUT2D eigenvalue weighted by Crippen LogP contribution is -2.46. The van der Waals surface area contributed by atoms with Crippen LogP contribution in [0.2, 0.25) is 0 Å². The van der Waals surface area contributed by atoms with E-state index in [1.54, 1.807) is 12.1 Å². The van der Waals surface area contributed by atoms with Crippen molar-refractivity contribution in [2.75, 3.05) is 6.54 Å². The number of carbonyl (C=O) groups is 2. The topological polar surface area (TPSA) is 237 Å². The van der Waals surface area contributed by atoms with Crippen LogP contribution in [0.25, 0.3) is 16.6 Å². The number of benzene rings is 2. The number of carbonyl (C=O) groups excluding carboxylic acids is 1. The first kappa shape index (κ1) is 27.9. The fourth-order valence-electron chi connectivity index (χ4n) is 5.52. The number of aromatic nitrogens is 2. The Labute approximate surface area is 234 Å². The third-order valence-electron chi connectivity index (χ3n) is 7.55. The van der Waals surface area contributed by atoms with Gasteiger partial charge in [0.15, 0.2) is 0 Å². The Hall–Kier alpha value is -4.69. The lowest BCUT2D eigenvalue weighted by atomic mass is 9.83. The van der Waals surface area contributed by atoms with Crippen molar-refractivity contribution in [3.05, 3.63) is 76.8 Å². The highest BCUT2D eigenvalue weighted by atomic mass is 32.2. The molecule has 0 radical (unpaired) electrons. The van der Waals surface area contributed by atoms with E-state index in [0.717, 1.165) is 0 Å². The number of H-pyrrole nitrogens is 1. The summed E-state index contributed by atoms with van der Waals surface area (Å²) in [6, 6.07) is 9.50. The molecule has 9 N–H and O–H groups in total. The number of hydrogen-bond acceptors (Lipinski definition) is 8. The summed E-state index contributed by atoms with van der Waals surface area (Å²) >= 11 is 0. The molecule has 0 saturated carbocycles. The minimum absolute atomic E-state index is 0.0854. The van der Waals surface area contributed by atoms with E-state index in [9.17, 15) is 33.3 Å². The molecule has 3 aromatic rings. The summed E-state index contributed by atoms with van der Waals surface area (Å²) in [7, 11) is -4.74. The molecule has 2 unspecified atom stereocenters. The number of allylic oxidation sites excluding steroid dienone is 2. The second-order valence-electron chi connectivity index (χ2n) is 10.1. The SMILES string of the molecule is N=C(N)c1ccc2nc(C3(S(N)(=O)=O)CC(CC(=O)N4CCCC4C(=O)O)=CC(c4ccccc4O)=C3O)[nH]c2c1. The van der Waals surface area contributed by atoms with E-state index in [0.29, 0.717) is 29.4 Å². The Balaban J connectivity index is 1.70. The predicted molar refractivity (Wildman–Crippen MR) is 149 cm³/mol. The average molecular weight is 581 g/mol. The van der Waals surface area contributed by atoms with E-state index in [2.05, 4.69) is 9.97 Å². The molecule has 1 amide bonds. The van der Waals surface area contributed by atoms with Crippen molar-refractivity contribution in [2.24, 2.45) is 10.9 Å². The molecule has 2 atom stereocenters. The number of para-hydroxylation sites is 1. The standard InChI is InChI=1S/C27H28N6O7S/c28-24(29)15-7-8-18-19(12-15)32-26(31-18)27(41(30,39)40)13-14(11-22(35)33-9-3-5-20(33)25(37)38)10-17(23(27)36)16-4-1-2-6-21(16)34/h1-2,4,6-8,10,12,20,34,36H,3,5,9,11,13H2,(H3,28,29)(H,31,32)(H,37,38)(H2,30,39,40). The lowest BCUT2D eigenvalue weighted by molar-refractivity contribution is -0.148. The number of aliphatic hydroxyl groups is 1. The molecule has 13 nitrogen and oxygen atoms in total. The van der Waals surface area contributed by atoms with Gasteiger partial charge >= 0.3 is 5.97 Å². The van der Waals surface area contributed by atoms with Crippen molar-refractivity contribution >= 4 is 44.3 Å². The summed E-state index contributed by atoms with van der Waals surface area (Å²) in [5.74, 6) is -3.11. The van der Waals surface area contributed by atoms with E-state index in [1.807, 2.05) is 0 Å². The zero-order chi connectivity index (χ0) is 29.7. The number of carboxylic acids is 1. The number of amides is 1. The van der Waals surface area contributed by atoms with Crippen molar-refractivity contribution in [1.82, 2.24) is 14.9 Å². The Morgan fingerprint density at radius 2 is 1.93 bits per heavy atom. The van der Waals surface area contributed by atoms with Crippen molar-refractivity contribution < 1.29 is 33.3 Å². The molecular weight excluding hydrogens is 552 g/mol. The van der Waals surface area contributed by atoms with Gasteiger partial charge in [0.05, 0.1) is 11.0 Å². The number of nitrogen functional groups attached to an aromatic ring is 1. The number of carboxylic acid groups (broad SMARTS) is 1. The number of aromatic hydroxyl groups is 1. The van der Waals surface area contributed by atoms with Crippen LogP contribution in [0.15, 0.2) is 59.9 Å². The normalized spacial score (nSPS) is 21.2. The monoisotopic (exact) mass is 580 g/mol. The van der Waals surface area contributed by atoms with Crippen molar-refractivity contribution in [3.63, 3.8) is 0 Å². The smallest absolute Gasteiger partial charge is 0.326 e. The first-order chi connectivity index (χ1) is 19.3. The highest BCUT2D eigenvalue weighted by Crippen LogP contribution is 2.48. The number of nitrogens with zero attached hydrogens (tertiary/aromatic N) is 2. The second kappa shape index (κ2) is 10.1. The zero-order valence-corrected chi connectivity index (χ0v) is 22.5. The third-order valence-corrected chi connectivity index (χ3v) is 9.06. The maximum Gasteiger partial charge on any atom is 0.326 e. The number of likely N-dealkylation sites (tertiary alicyclic amines) is 1. The van der Waals surface area contributed by atoms with Gasteiger partial charge in [-0.2, -0.15) is 0 Å². The quantitative estimate of drug-likeness (QED) is 0.159. The van der Waals surface area contributed by atoms with Gasteiger partial charge in [0.2, 0.25) is 20.7 Å². The molecule has 2 aliphatic rings. The van der Waals surface area contributed by atoms with E-state index in [1.165, 1.54) is 41.3 Å². The minimum atomic E-state index is -4.74. The molecule has 1 aromatic heterocycles. The Morgan fingerprint density at radius 1 is 1.20 bits per heavy atom. The van der Waals surface area contributed by atoms with Crippen LogP contribution < -0.4 is 10.9 Å². The van der Waals surface area contributed by atoms with Crippen molar-refractivity contribution in [1.29, 1.82) is 5.41 Å². The number of nitrogens with two attached hydrogens (primary N) is 2. The third kappa shape index (κ3) is 4.70. The summed E-state index contributed by atoms with van der Waals surface area (Å²) in [6.45, 7) is 0.235. The van der Waals surface area contributed by atoms with Gasteiger partial charge in [0.1, 0.15) is 29.2 Å². The number of fused-ring (bicyclic) bond motifs is 1. The van der Waals surface area contributed by atoms with Gasteiger partial charge in [0, 0.05) is 36.1 Å². The minimum Gasteiger partial charge on any atom is -0.509 e. The Morgan fingerprint density at radius 3 is 2.59 bits per heavy atom. The number of phenols is 1. The second-order valence-corrected chi connectivity index (χ2v) is 11.9. The number of aliphatic carboxylic acids is 1. The summed E-state index contributed by atoms with van der Waals surface area (Å²) in [5.41, 5.74) is 6.79. The number of imidazole rings is 1. The average Bonchev–Trinajstić information content (AvgIpc) is 3.57. The van der Waals surface area contributed by atoms with E-state index < -0.39 is 44.9 Å². The highest BCUT2D eigenvalue weighted by Gasteiger charge is 2.54. The van der Waals surface area contributed by atoms with Crippen LogP contribution in [0.5, 0.6) is 5.75 Å². The maximum absolute atomic E-state index is 13.5. The van der Waals surface area contributed by atoms with E-state index in [-0.39, 0.29) is 47.1 Å². The fraction of sp³-hybridized carbons (Fsp3) is 0.259. The molecule has 2 aromatic carbocycles. The Kier molecular flexibility index (Phi) is 6.83. The first-order valence-electron chi connectivity index (χ1n) is 12.6. The molecule has 0 bridgehead atoms. The highest BCUT2D eigenvalue weighted by molar-refractivity contribution is 7.90. The van der Waals surface area contributed by atoms with Crippen LogP contribution >= 0.6 is 0 Å². The largest absolute Gasteiger partial charge is 0.509 e. The molecule has 1 aliphatic heterocycles. The summed E-state index contributed by atoms with van der Waals surface area (Å²) < 4.78 is 24.5. The van der Waals surface area contributed by atoms with E-state index in [4.69, 9.17) is 16.3 Å². The molecule has 1 fully saturated rings. The lowest BCUT2D eigenvalue weighted by Gasteiger charge is -2.35. The molecular formula is C27H28N6O7S.